The Bertz CT molecular complexity index is 393. The number of benzene rings is 1. The molecule has 0 aliphatic rings. The summed E-state index contributed by atoms with van der Waals surface area (Å²) in [6.45, 7) is 6.14. The van der Waals surface area contributed by atoms with Crippen LogP contribution in [0.4, 0.5) is 0 Å². The minimum absolute atomic E-state index is 0.0695. The van der Waals surface area contributed by atoms with Crippen LogP contribution in [0.25, 0.3) is 0 Å². The Morgan fingerprint density at radius 3 is 2.67 bits per heavy atom. The van der Waals surface area contributed by atoms with Crippen LogP contribution >= 0.6 is 11.6 Å². The monoisotopic (exact) mass is 223 g/mol. The van der Waals surface area contributed by atoms with Crippen LogP contribution in [0.5, 0.6) is 5.75 Å². The van der Waals surface area contributed by atoms with E-state index < -0.39 is 0 Å². The Morgan fingerprint density at radius 2 is 2.13 bits per heavy atom. The molecule has 0 saturated carbocycles. The fourth-order valence-electron chi connectivity index (χ4n) is 1.38. The molecule has 0 unspecified atom stereocenters. The Kier molecular flexibility index (Phi) is 3.99. The molecule has 3 heteroatoms. The second kappa shape index (κ2) is 5.04. The quantitative estimate of drug-likeness (QED) is 0.783. The second-order valence-electron chi connectivity index (χ2n) is 3.74. The molecule has 2 nitrogen and oxygen atoms in total. The van der Waals surface area contributed by atoms with Gasteiger partial charge in [-0.2, -0.15) is 5.26 Å². The van der Waals surface area contributed by atoms with E-state index in [1.54, 1.807) is 0 Å². The van der Waals surface area contributed by atoms with Gasteiger partial charge in [-0.25, -0.2) is 0 Å². The van der Waals surface area contributed by atoms with E-state index in [1.807, 2.05) is 25.1 Å². The lowest BCUT2D eigenvalue weighted by atomic mass is 10.0. The summed E-state index contributed by atoms with van der Waals surface area (Å²) < 4.78 is 5.31. The van der Waals surface area contributed by atoms with Crippen molar-refractivity contribution in [3.8, 4) is 11.8 Å². The van der Waals surface area contributed by atoms with Crippen LogP contribution in [0.1, 0.15) is 30.9 Å². The van der Waals surface area contributed by atoms with E-state index in [1.165, 1.54) is 0 Å². The highest BCUT2D eigenvalue weighted by atomic mass is 35.5. The lowest BCUT2D eigenvalue weighted by molar-refractivity contribution is 0.365. The third kappa shape index (κ3) is 2.87. The van der Waals surface area contributed by atoms with Crippen molar-refractivity contribution in [3.63, 3.8) is 0 Å². The van der Waals surface area contributed by atoms with Gasteiger partial charge in [0, 0.05) is 5.02 Å². The van der Waals surface area contributed by atoms with Gasteiger partial charge in [0.1, 0.15) is 11.8 Å². The summed E-state index contributed by atoms with van der Waals surface area (Å²) in [5.74, 6) is 1.09. The van der Waals surface area contributed by atoms with Crippen LogP contribution in [0.15, 0.2) is 12.1 Å². The van der Waals surface area contributed by atoms with E-state index in [9.17, 15) is 0 Å². The third-order valence-electron chi connectivity index (χ3n) is 2.21. The second-order valence-corrected chi connectivity index (χ2v) is 4.15. The van der Waals surface area contributed by atoms with Crippen molar-refractivity contribution in [2.24, 2.45) is 0 Å². The van der Waals surface area contributed by atoms with E-state index in [2.05, 4.69) is 13.8 Å². The zero-order chi connectivity index (χ0) is 11.4. The van der Waals surface area contributed by atoms with Crippen LogP contribution in [0.3, 0.4) is 0 Å². The molecule has 1 aromatic carbocycles. The predicted octanol–water partition coefficient (Wildman–Crippen LogP) is 3.67. The van der Waals surface area contributed by atoms with Crippen molar-refractivity contribution >= 4 is 11.6 Å². The fourth-order valence-corrected chi connectivity index (χ4v) is 1.81. The van der Waals surface area contributed by atoms with Gasteiger partial charge in [0.2, 0.25) is 0 Å². The van der Waals surface area contributed by atoms with Crippen molar-refractivity contribution in [1.29, 1.82) is 5.26 Å². The van der Waals surface area contributed by atoms with Gasteiger partial charge in [0.15, 0.2) is 6.61 Å². The molecule has 0 spiro atoms. The lowest BCUT2D eigenvalue weighted by Crippen LogP contribution is -1.98. The number of nitriles is 1. The molecule has 15 heavy (non-hydrogen) atoms. The smallest absolute Gasteiger partial charge is 0.174 e. The summed E-state index contributed by atoms with van der Waals surface area (Å²) in [6, 6.07) is 5.75. The average Bonchev–Trinajstić information content (AvgIpc) is 2.16. The molecule has 80 valence electrons. The number of hydrogen-bond donors (Lipinski definition) is 0. The highest BCUT2D eigenvalue weighted by Gasteiger charge is 2.09. The van der Waals surface area contributed by atoms with Crippen LogP contribution in [0, 0.1) is 18.3 Å². The zero-order valence-electron chi connectivity index (χ0n) is 9.17. The summed E-state index contributed by atoms with van der Waals surface area (Å²) in [6.07, 6.45) is 0. The molecule has 0 aromatic heterocycles. The van der Waals surface area contributed by atoms with Gasteiger partial charge in [-0.15, -0.1) is 0 Å². The predicted molar refractivity (Wildman–Crippen MR) is 61.4 cm³/mol. The molecule has 0 N–H and O–H groups in total. The maximum absolute atomic E-state index is 8.45. The lowest BCUT2D eigenvalue weighted by Gasteiger charge is -2.13. The molecule has 1 aromatic rings. The van der Waals surface area contributed by atoms with Gasteiger partial charge in [-0.05, 0) is 36.1 Å². The first kappa shape index (κ1) is 11.9. The van der Waals surface area contributed by atoms with E-state index in [0.717, 1.165) is 21.9 Å². The SMILES string of the molecule is Cc1cc(Cl)c(C(C)C)cc1OCC#N. The standard InChI is InChI=1S/C12H14ClNO/c1-8(2)10-7-12(15-5-4-14)9(3)6-11(10)13/h6-8H,5H2,1-3H3. The molecule has 0 fully saturated rings. The third-order valence-corrected chi connectivity index (χ3v) is 2.54. The van der Waals surface area contributed by atoms with Crippen molar-refractivity contribution in [1.82, 2.24) is 0 Å². The Balaban J connectivity index is 3.07. The van der Waals surface area contributed by atoms with Crippen molar-refractivity contribution in [2.45, 2.75) is 26.7 Å². The largest absolute Gasteiger partial charge is 0.478 e. The van der Waals surface area contributed by atoms with Gasteiger partial charge in [0.05, 0.1) is 0 Å². The number of hydrogen-bond acceptors (Lipinski definition) is 2. The number of ether oxygens (including phenoxy) is 1. The first-order valence-corrected chi connectivity index (χ1v) is 5.23. The maximum atomic E-state index is 8.45. The number of halogens is 1. The van der Waals surface area contributed by atoms with Crippen LogP contribution in [-0.4, -0.2) is 6.61 Å². The first-order valence-electron chi connectivity index (χ1n) is 4.86. The van der Waals surface area contributed by atoms with Crippen molar-refractivity contribution in [3.05, 3.63) is 28.3 Å². The van der Waals surface area contributed by atoms with Crippen molar-refractivity contribution < 1.29 is 4.74 Å². The summed E-state index contributed by atoms with van der Waals surface area (Å²) in [4.78, 5) is 0. The first-order chi connectivity index (χ1) is 7.06. The molecule has 0 radical (unpaired) electrons. The van der Waals surface area contributed by atoms with Gasteiger partial charge in [-0.3, -0.25) is 0 Å². The Morgan fingerprint density at radius 1 is 1.47 bits per heavy atom. The molecular formula is C12H14ClNO. The normalized spacial score (nSPS) is 10.1. The molecule has 0 bridgehead atoms. The van der Waals surface area contributed by atoms with Gasteiger partial charge >= 0.3 is 0 Å². The van der Waals surface area contributed by atoms with E-state index >= 15 is 0 Å². The average molecular weight is 224 g/mol. The molecule has 0 aliphatic carbocycles. The fraction of sp³-hybridized carbons (Fsp3) is 0.417. The minimum Gasteiger partial charge on any atom is -0.478 e. The molecule has 0 atom stereocenters. The van der Waals surface area contributed by atoms with Crippen LogP contribution < -0.4 is 4.74 Å². The van der Waals surface area contributed by atoms with E-state index in [-0.39, 0.29) is 6.61 Å². The number of aryl methyl sites for hydroxylation is 1. The number of nitrogens with zero attached hydrogens (tertiary/aromatic N) is 1. The van der Waals surface area contributed by atoms with Crippen LogP contribution in [0.2, 0.25) is 5.02 Å². The topological polar surface area (TPSA) is 33.0 Å². The molecular weight excluding hydrogens is 210 g/mol. The summed E-state index contributed by atoms with van der Waals surface area (Å²) >= 11 is 6.11. The molecule has 1 rings (SSSR count). The molecule has 0 amide bonds. The minimum atomic E-state index is 0.0695. The molecule has 0 saturated heterocycles. The van der Waals surface area contributed by atoms with E-state index in [4.69, 9.17) is 21.6 Å². The Labute approximate surface area is 95.4 Å². The van der Waals surface area contributed by atoms with Crippen molar-refractivity contribution in [2.75, 3.05) is 6.61 Å². The summed E-state index contributed by atoms with van der Waals surface area (Å²) in [5, 5.41) is 9.21. The highest BCUT2D eigenvalue weighted by molar-refractivity contribution is 6.31. The van der Waals surface area contributed by atoms with E-state index in [0.29, 0.717) is 5.92 Å². The van der Waals surface area contributed by atoms with Gasteiger partial charge in [0.25, 0.3) is 0 Å². The van der Waals surface area contributed by atoms with Gasteiger partial charge in [-0.1, -0.05) is 25.4 Å². The van der Waals surface area contributed by atoms with Gasteiger partial charge < -0.3 is 4.74 Å². The highest BCUT2D eigenvalue weighted by Crippen LogP contribution is 2.31. The molecule has 0 heterocycles. The summed E-state index contributed by atoms with van der Waals surface area (Å²) in [5.41, 5.74) is 2.01. The zero-order valence-corrected chi connectivity index (χ0v) is 9.93. The summed E-state index contributed by atoms with van der Waals surface area (Å²) in [7, 11) is 0. The van der Waals surface area contributed by atoms with Crippen LogP contribution in [-0.2, 0) is 0 Å². The number of rotatable bonds is 3. The Hall–Kier alpha value is -1.20. The maximum Gasteiger partial charge on any atom is 0.174 e. The molecule has 0 aliphatic heterocycles.